The van der Waals surface area contributed by atoms with E-state index in [2.05, 4.69) is 21.7 Å². The molecule has 160 valence electrons. The highest BCUT2D eigenvalue weighted by atomic mass is 32.1. The molecule has 3 aromatic heterocycles. The van der Waals surface area contributed by atoms with E-state index in [-0.39, 0.29) is 24.4 Å². The summed E-state index contributed by atoms with van der Waals surface area (Å²) in [6.07, 6.45) is 7.03. The maximum Gasteiger partial charge on any atom is 0.252 e. The van der Waals surface area contributed by atoms with Crippen molar-refractivity contribution in [3.63, 3.8) is 0 Å². The summed E-state index contributed by atoms with van der Waals surface area (Å²) in [4.78, 5) is 31.1. The third-order valence-electron chi connectivity index (χ3n) is 4.80. The Hall–Kier alpha value is -3.96. The van der Waals surface area contributed by atoms with Crippen LogP contribution in [0.3, 0.4) is 0 Å². The molecule has 7 nitrogen and oxygen atoms in total. The van der Waals surface area contributed by atoms with Crippen LogP contribution in [0.4, 0.5) is 5.69 Å². The van der Waals surface area contributed by atoms with Crippen LogP contribution in [0.2, 0.25) is 0 Å². The van der Waals surface area contributed by atoms with Crippen LogP contribution in [0, 0.1) is 12.3 Å². The Morgan fingerprint density at radius 2 is 2.06 bits per heavy atom. The number of fused-ring (bicyclic) bond motifs is 1. The van der Waals surface area contributed by atoms with Crippen molar-refractivity contribution in [2.45, 2.75) is 19.9 Å². The van der Waals surface area contributed by atoms with E-state index in [0.717, 1.165) is 4.88 Å². The van der Waals surface area contributed by atoms with Crippen LogP contribution in [0.25, 0.3) is 21.6 Å². The van der Waals surface area contributed by atoms with Gasteiger partial charge in [0.1, 0.15) is 0 Å². The average molecular weight is 444 g/mol. The van der Waals surface area contributed by atoms with Crippen molar-refractivity contribution in [2.24, 2.45) is 0 Å². The number of anilines is 1. The molecule has 0 unspecified atom stereocenters. The SMILES string of the molecule is C#Cc1cccc(NC(=O)CNC(=O)c2cc(-c3cccs3)nc3c2cnn3C(C)C)c1. The molecule has 0 saturated heterocycles. The highest BCUT2D eigenvalue weighted by Crippen LogP contribution is 2.28. The molecule has 4 rings (SSSR count). The van der Waals surface area contributed by atoms with Gasteiger partial charge in [0.25, 0.3) is 5.91 Å². The van der Waals surface area contributed by atoms with Crippen LogP contribution < -0.4 is 10.6 Å². The topological polar surface area (TPSA) is 88.9 Å². The molecule has 0 saturated carbocycles. The molecule has 0 bridgehead atoms. The minimum absolute atomic E-state index is 0.0825. The molecule has 2 N–H and O–H groups in total. The van der Waals surface area contributed by atoms with Crippen molar-refractivity contribution in [3.05, 3.63) is 65.2 Å². The normalized spacial score (nSPS) is 10.8. The minimum atomic E-state index is -0.369. The number of rotatable bonds is 6. The molecule has 2 amide bonds. The van der Waals surface area contributed by atoms with Gasteiger partial charge in [0.15, 0.2) is 5.65 Å². The van der Waals surface area contributed by atoms with Crippen molar-refractivity contribution in [1.29, 1.82) is 0 Å². The number of carbonyl (C=O) groups excluding carboxylic acids is 2. The summed E-state index contributed by atoms with van der Waals surface area (Å²) in [5.41, 5.74) is 2.98. The summed E-state index contributed by atoms with van der Waals surface area (Å²) in [6, 6.07) is 12.7. The molecular weight excluding hydrogens is 422 g/mol. The second-order valence-corrected chi connectivity index (χ2v) is 8.36. The molecule has 0 aliphatic heterocycles. The molecule has 0 radical (unpaired) electrons. The molecule has 0 aliphatic rings. The summed E-state index contributed by atoms with van der Waals surface area (Å²) in [7, 11) is 0. The number of hydrogen-bond donors (Lipinski definition) is 2. The lowest BCUT2D eigenvalue weighted by Gasteiger charge is -2.11. The first kappa shape index (κ1) is 21.3. The highest BCUT2D eigenvalue weighted by Gasteiger charge is 2.19. The maximum atomic E-state index is 13.0. The number of nitrogens with zero attached hydrogens (tertiary/aromatic N) is 3. The van der Waals surface area contributed by atoms with Crippen LogP contribution >= 0.6 is 11.3 Å². The number of carbonyl (C=O) groups is 2. The fourth-order valence-corrected chi connectivity index (χ4v) is 3.97. The van der Waals surface area contributed by atoms with Gasteiger partial charge in [-0.2, -0.15) is 5.10 Å². The van der Waals surface area contributed by atoms with E-state index in [1.807, 2.05) is 31.4 Å². The number of nitrogens with one attached hydrogen (secondary N) is 2. The Bertz CT molecular complexity index is 1330. The Balaban J connectivity index is 1.57. The van der Waals surface area contributed by atoms with Gasteiger partial charge in [0.2, 0.25) is 5.91 Å². The van der Waals surface area contributed by atoms with Crippen LogP contribution in [0.15, 0.2) is 54.0 Å². The van der Waals surface area contributed by atoms with E-state index in [0.29, 0.717) is 33.5 Å². The largest absolute Gasteiger partial charge is 0.343 e. The summed E-state index contributed by atoms with van der Waals surface area (Å²) < 4.78 is 1.79. The van der Waals surface area contributed by atoms with Gasteiger partial charge in [-0.3, -0.25) is 9.59 Å². The molecule has 0 fully saturated rings. The second-order valence-electron chi connectivity index (χ2n) is 7.41. The van der Waals surface area contributed by atoms with Crippen molar-refractivity contribution >= 4 is 39.9 Å². The first-order valence-corrected chi connectivity index (χ1v) is 10.9. The number of aromatic nitrogens is 3. The quantitative estimate of drug-likeness (QED) is 0.439. The van der Waals surface area contributed by atoms with E-state index in [9.17, 15) is 9.59 Å². The van der Waals surface area contributed by atoms with E-state index in [1.165, 1.54) is 0 Å². The van der Waals surface area contributed by atoms with Gasteiger partial charge in [-0.15, -0.1) is 17.8 Å². The number of benzene rings is 1. The summed E-state index contributed by atoms with van der Waals surface area (Å²) in [6.45, 7) is 3.83. The van der Waals surface area contributed by atoms with E-state index >= 15 is 0 Å². The zero-order chi connectivity index (χ0) is 22.7. The lowest BCUT2D eigenvalue weighted by molar-refractivity contribution is -0.115. The summed E-state index contributed by atoms with van der Waals surface area (Å²) in [5.74, 6) is 1.80. The molecule has 8 heteroatoms. The Morgan fingerprint density at radius 3 is 2.78 bits per heavy atom. The van der Waals surface area contributed by atoms with Gasteiger partial charge >= 0.3 is 0 Å². The zero-order valence-electron chi connectivity index (χ0n) is 17.6. The number of amides is 2. The van der Waals surface area contributed by atoms with Crippen LogP contribution in [0.5, 0.6) is 0 Å². The monoisotopic (exact) mass is 443 g/mol. The number of terminal acetylenes is 1. The molecule has 1 aromatic carbocycles. The predicted octanol–water partition coefficient (Wildman–Crippen LogP) is 4.09. The molecule has 3 heterocycles. The molecular formula is C24H21N5O2S. The van der Waals surface area contributed by atoms with E-state index < -0.39 is 0 Å². The van der Waals surface area contributed by atoms with Gasteiger partial charge in [-0.05, 0) is 49.6 Å². The fourth-order valence-electron chi connectivity index (χ4n) is 3.28. The van der Waals surface area contributed by atoms with Gasteiger partial charge in [-0.1, -0.05) is 18.1 Å². The third kappa shape index (κ3) is 4.38. The zero-order valence-corrected chi connectivity index (χ0v) is 18.4. The van der Waals surface area contributed by atoms with Crippen molar-refractivity contribution in [2.75, 3.05) is 11.9 Å². The summed E-state index contributed by atoms with van der Waals surface area (Å²) in [5, 5.41) is 12.4. The Labute approximate surface area is 189 Å². The highest BCUT2D eigenvalue weighted by molar-refractivity contribution is 7.13. The summed E-state index contributed by atoms with van der Waals surface area (Å²) >= 11 is 1.54. The third-order valence-corrected chi connectivity index (χ3v) is 5.69. The minimum Gasteiger partial charge on any atom is -0.343 e. The molecule has 0 spiro atoms. The van der Waals surface area contributed by atoms with Gasteiger partial charge in [0.05, 0.1) is 34.3 Å². The van der Waals surface area contributed by atoms with Crippen LogP contribution in [-0.2, 0) is 4.79 Å². The second kappa shape index (κ2) is 9.04. The number of thiophene rings is 1. The first-order chi connectivity index (χ1) is 15.5. The van der Waals surface area contributed by atoms with E-state index in [4.69, 9.17) is 11.4 Å². The van der Waals surface area contributed by atoms with E-state index in [1.54, 1.807) is 52.5 Å². The lowest BCUT2D eigenvalue weighted by atomic mass is 10.1. The first-order valence-electron chi connectivity index (χ1n) is 10.0. The number of pyridine rings is 1. The van der Waals surface area contributed by atoms with Gasteiger partial charge in [0, 0.05) is 17.3 Å². The Kier molecular flexibility index (Phi) is 6.01. The van der Waals surface area contributed by atoms with Crippen molar-refractivity contribution in [3.8, 4) is 22.9 Å². The molecule has 0 aliphatic carbocycles. The van der Waals surface area contributed by atoms with Crippen LogP contribution in [-0.4, -0.2) is 33.1 Å². The number of hydrogen-bond acceptors (Lipinski definition) is 5. The van der Waals surface area contributed by atoms with Gasteiger partial charge in [-0.25, -0.2) is 9.67 Å². The Morgan fingerprint density at radius 1 is 1.22 bits per heavy atom. The van der Waals surface area contributed by atoms with Crippen LogP contribution in [0.1, 0.15) is 35.8 Å². The fraction of sp³-hybridized carbons (Fsp3) is 0.167. The molecule has 4 aromatic rings. The van der Waals surface area contributed by atoms with Crippen molar-refractivity contribution < 1.29 is 9.59 Å². The lowest BCUT2D eigenvalue weighted by Crippen LogP contribution is -2.33. The van der Waals surface area contributed by atoms with Crippen molar-refractivity contribution in [1.82, 2.24) is 20.1 Å². The molecule has 0 atom stereocenters. The molecule has 32 heavy (non-hydrogen) atoms. The standard InChI is InChI=1S/C24H21N5O2S/c1-4-16-7-5-8-17(11-16)27-22(30)14-25-24(31)18-12-20(21-9-6-10-32-21)28-23-19(18)13-26-29(23)15(2)3/h1,5-13,15H,14H2,2-3H3,(H,25,31)(H,27,30). The van der Waals surface area contributed by atoms with Gasteiger partial charge < -0.3 is 10.6 Å². The average Bonchev–Trinajstić information content (AvgIpc) is 3.47. The smallest absolute Gasteiger partial charge is 0.252 e. The maximum absolute atomic E-state index is 13.0. The predicted molar refractivity (Wildman–Crippen MR) is 127 cm³/mol.